The van der Waals surface area contributed by atoms with E-state index in [1.807, 2.05) is 6.92 Å². The van der Waals surface area contributed by atoms with Crippen LogP contribution >= 0.6 is 0 Å². The molecule has 0 aliphatic rings. The topological polar surface area (TPSA) is 3.24 Å². The Morgan fingerprint density at radius 2 is 0.840 bits per heavy atom. The molecule has 1 heteroatoms. The van der Waals surface area contributed by atoms with E-state index in [0.717, 1.165) is 19.6 Å². The lowest BCUT2D eigenvalue weighted by Gasteiger charge is -2.23. The Labute approximate surface area is 152 Å². The zero-order valence-corrected chi connectivity index (χ0v) is 15.0. The highest BCUT2D eigenvalue weighted by molar-refractivity contribution is 5.19. The third kappa shape index (κ3) is 7.19. The highest BCUT2D eigenvalue weighted by Crippen LogP contribution is 2.14. The van der Waals surface area contributed by atoms with Gasteiger partial charge >= 0.3 is 0 Å². The van der Waals surface area contributed by atoms with Gasteiger partial charge in [0, 0.05) is 19.6 Å². The number of allylic oxidation sites excluding steroid dienone is 1. The molecule has 0 atom stereocenters. The molecule has 0 bridgehead atoms. The summed E-state index contributed by atoms with van der Waals surface area (Å²) in [6.45, 7) is 8.14. The molecule has 1 nitrogen and oxygen atoms in total. The number of hydrogen-bond acceptors (Lipinski definition) is 1. The normalized spacial score (nSPS) is 10.0. The minimum absolute atomic E-state index is 0.963. The van der Waals surface area contributed by atoms with E-state index in [0.29, 0.717) is 0 Å². The summed E-state index contributed by atoms with van der Waals surface area (Å²) in [7, 11) is 0. The molecule has 0 aliphatic heterocycles. The molecule has 3 aromatic carbocycles. The molecule has 3 rings (SSSR count). The minimum atomic E-state index is 0.963. The molecular formula is C24H27N. The smallest absolute Gasteiger partial charge is 0.0240 e. The molecule has 0 heterocycles. The van der Waals surface area contributed by atoms with Crippen LogP contribution in [0.4, 0.5) is 0 Å². The summed E-state index contributed by atoms with van der Waals surface area (Å²) in [6.07, 6.45) is 1.75. The summed E-state index contributed by atoms with van der Waals surface area (Å²) in [5, 5.41) is 0. The second kappa shape index (κ2) is 11.0. The maximum Gasteiger partial charge on any atom is 0.0240 e. The maximum atomic E-state index is 3.36. The summed E-state index contributed by atoms with van der Waals surface area (Å²) >= 11 is 0. The van der Waals surface area contributed by atoms with Crippen molar-refractivity contribution in [2.75, 3.05) is 0 Å². The maximum absolute atomic E-state index is 3.36. The monoisotopic (exact) mass is 329 g/mol. The van der Waals surface area contributed by atoms with Gasteiger partial charge in [0.15, 0.2) is 0 Å². The quantitative estimate of drug-likeness (QED) is 0.495. The van der Waals surface area contributed by atoms with Crippen molar-refractivity contribution in [3.05, 3.63) is 120 Å². The van der Waals surface area contributed by atoms with Crippen molar-refractivity contribution in [3.63, 3.8) is 0 Å². The van der Waals surface area contributed by atoms with E-state index in [2.05, 4.69) is 102 Å². The zero-order valence-electron chi connectivity index (χ0n) is 15.0. The van der Waals surface area contributed by atoms with Gasteiger partial charge in [0.25, 0.3) is 0 Å². The number of benzene rings is 3. The number of rotatable bonds is 6. The lowest BCUT2D eigenvalue weighted by atomic mass is 10.1. The van der Waals surface area contributed by atoms with Crippen molar-refractivity contribution in [2.45, 2.75) is 26.6 Å². The van der Waals surface area contributed by atoms with Crippen molar-refractivity contribution >= 4 is 0 Å². The van der Waals surface area contributed by atoms with Crippen LogP contribution < -0.4 is 0 Å². The van der Waals surface area contributed by atoms with Crippen LogP contribution in [0.3, 0.4) is 0 Å². The third-order valence-corrected chi connectivity index (χ3v) is 3.75. The van der Waals surface area contributed by atoms with Gasteiger partial charge < -0.3 is 0 Å². The molecule has 0 spiro atoms. The second-order valence-electron chi connectivity index (χ2n) is 6.01. The molecular weight excluding hydrogens is 302 g/mol. The van der Waals surface area contributed by atoms with Gasteiger partial charge in [-0.25, -0.2) is 0 Å². The Kier molecular flexibility index (Phi) is 8.23. The summed E-state index contributed by atoms with van der Waals surface area (Å²) in [6, 6.07) is 32.1. The standard InChI is InChI=1S/C21H21N.C3H6/c1-4-10-19(11-5-1)16-22(17-20-12-6-2-7-13-20)18-21-14-8-3-9-15-21;1-3-2/h1-15H,16-18H2;3H,1H2,2H3. The Bertz CT molecular complexity index is 606. The molecule has 0 saturated carbocycles. The number of hydrogen-bond donors (Lipinski definition) is 0. The van der Waals surface area contributed by atoms with E-state index in [9.17, 15) is 0 Å². The molecule has 0 aliphatic carbocycles. The number of nitrogens with zero attached hydrogens (tertiary/aromatic N) is 1. The fourth-order valence-electron chi connectivity index (χ4n) is 2.69. The average molecular weight is 329 g/mol. The van der Waals surface area contributed by atoms with E-state index in [-0.39, 0.29) is 0 Å². The van der Waals surface area contributed by atoms with Crippen LogP contribution in [0.1, 0.15) is 23.6 Å². The molecule has 0 aromatic heterocycles. The Balaban J connectivity index is 0.000000701. The first-order valence-electron chi connectivity index (χ1n) is 8.73. The van der Waals surface area contributed by atoms with Crippen molar-refractivity contribution in [3.8, 4) is 0 Å². The Morgan fingerprint density at radius 1 is 0.600 bits per heavy atom. The lowest BCUT2D eigenvalue weighted by molar-refractivity contribution is 0.247. The SMILES string of the molecule is C=CC.c1ccc(CN(Cc2ccccc2)Cc2ccccc2)cc1. The van der Waals surface area contributed by atoms with Gasteiger partial charge in [-0.2, -0.15) is 0 Å². The first-order chi connectivity index (χ1) is 12.3. The molecule has 0 amide bonds. The largest absolute Gasteiger partial charge is 0.291 e. The van der Waals surface area contributed by atoms with Crippen LogP contribution in [0, 0.1) is 0 Å². The first-order valence-corrected chi connectivity index (χ1v) is 8.73. The van der Waals surface area contributed by atoms with Crippen LogP contribution in [-0.4, -0.2) is 4.90 Å². The molecule has 0 radical (unpaired) electrons. The lowest BCUT2D eigenvalue weighted by Crippen LogP contribution is -2.22. The van der Waals surface area contributed by atoms with Crippen LogP contribution in [0.25, 0.3) is 0 Å². The van der Waals surface area contributed by atoms with Gasteiger partial charge in [-0.15, -0.1) is 6.58 Å². The average Bonchev–Trinajstić information content (AvgIpc) is 2.65. The van der Waals surface area contributed by atoms with Crippen molar-refractivity contribution in [2.24, 2.45) is 0 Å². The second-order valence-corrected chi connectivity index (χ2v) is 6.01. The van der Waals surface area contributed by atoms with Crippen molar-refractivity contribution < 1.29 is 0 Å². The molecule has 0 saturated heterocycles. The Hall–Kier alpha value is -2.64. The van der Waals surface area contributed by atoms with E-state index < -0.39 is 0 Å². The van der Waals surface area contributed by atoms with Gasteiger partial charge in [0.1, 0.15) is 0 Å². The minimum Gasteiger partial charge on any atom is -0.291 e. The van der Waals surface area contributed by atoms with Crippen LogP contribution in [0.2, 0.25) is 0 Å². The highest BCUT2D eigenvalue weighted by Gasteiger charge is 2.08. The third-order valence-electron chi connectivity index (χ3n) is 3.75. The van der Waals surface area contributed by atoms with E-state index >= 15 is 0 Å². The molecule has 0 unspecified atom stereocenters. The van der Waals surface area contributed by atoms with Crippen molar-refractivity contribution in [1.82, 2.24) is 4.90 Å². The van der Waals surface area contributed by atoms with E-state index in [4.69, 9.17) is 0 Å². The predicted octanol–water partition coefficient (Wildman–Crippen LogP) is 6.08. The van der Waals surface area contributed by atoms with E-state index in [1.165, 1.54) is 16.7 Å². The van der Waals surface area contributed by atoms with Crippen LogP contribution in [0.15, 0.2) is 104 Å². The van der Waals surface area contributed by atoms with Gasteiger partial charge in [-0.05, 0) is 23.6 Å². The molecule has 25 heavy (non-hydrogen) atoms. The van der Waals surface area contributed by atoms with E-state index in [1.54, 1.807) is 6.08 Å². The van der Waals surface area contributed by atoms with Crippen LogP contribution in [0.5, 0.6) is 0 Å². The summed E-state index contributed by atoms with van der Waals surface area (Å²) in [4.78, 5) is 2.49. The molecule has 0 N–H and O–H groups in total. The highest BCUT2D eigenvalue weighted by atomic mass is 15.1. The summed E-state index contributed by atoms with van der Waals surface area (Å²) < 4.78 is 0. The van der Waals surface area contributed by atoms with Gasteiger partial charge in [0.2, 0.25) is 0 Å². The Morgan fingerprint density at radius 3 is 1.08 bits per heavy atom. The molecule has 0 fully saturated rings. The predicted molar refractivity (Wildman–Crippen MR) is 108 cm³/mol. The van der Waals surface area contributed by atoms with Gasteiger partial charge in [-0.3, -0.25) is 4.90 Å². The molecule has 3 aromatic rings. The zero-order chi connectivity index (χ0) is 17.7. The van der Waals surface area contributed by atoms with Crippen molar-refractivity contribution in [1.29, 1.82) is 0 Å². The van der Waals surface area contributed by atoms with Crippen LogP contribution in [-0.2, 0) is 19.6 Å². The fourth-order valence-corrected chi connectivity index (χ4v) is 2.69. The molecule has 128 valence electrons. The fraction of sp³-hybridized carbons (Fsp3) is 0.167. The van der Waals surface area contributed by atoms with Gasteiger partial charge in [0.05, 0.1) is 0 Å². The van der Waals surface area contributed by atoms with Gasteiger partial charge in [-0.1, -0.05) is 97.1 Å². The first kappa shape index (κ1) is 18.7. The summed E-state index contributed by atoms with van der Waals surface area (Å²) in [5.41, 5.74) is 4.07. The summed E-state index contributed by atoms with van der Waals surface area (Å²) in [5.74, 6) is 0.